The van der Waals surface area contributed by atoms with Crippen molar-refractivity contribution in [1.29, 1.82) is 0 Å². The number of rotatable bonds is 3. The Balaban J connectivity index is 1.17. The van der Waals surface area contributed by atoms with Crippen molar-refractivity contribution >= 4 is 85.4 Å². The summed E-state index contributed by atoms with van der Waals surface area (Å²) in [4.78, 5) is 0. The van der Waals surface area contributed by atoms with E-state index in [4.69, 9.17) is 0 Å². The molecule has 0 bridgehead atoms. The lowest BCUT2D eigenvalue weighted by Gasteiger charge is -2.18. The van der Waals surface area contributed by atoms with Gasteiger partial charge in [-0.15, -0.1) is 11.3 Å². The molecule has 0 aliphatic carbocycles. The van der Waals surface area contributed by atoms with E-state index in [2.05, 4.69) is 182 Å². The molecule has 11 aromatic rings. The van der Waals surface area contributed by atoms with Gasteiger partial charge < -0.3 is 0 Å². The van der Waals surface area contributed by atoms with Crippen molar-refractivity contribution in [2.75, 3.05) is 0 Å². The quantitative estimate of drug-likeness (QED) is 0.130. The van der Waals surface area contributed by atoms with Crippen molar-refractivity contribution in [2.24, 2.45) is 0 Å². The van der Waals surface area contributed by atoms with E-state index in [0.717, 1.165) is 0 Å². The highest BCUT2D eigenvalue weighted by atomic mass is 32.1. The van der Waals surface area contributed by atoms with Gasteiger partial charge >= 0.3 is 0 Å². The Morgan fingerprint density at radius 2 is 0.765 bits per heavy atom. The molecule has 0 fully saturated rings. The summed E-state index contributed by atoms with van der Waals surface area (Å²) in [6.07, 6.45) is 0. The van der Waals surface area contributed by atoms with Crippen LogP contribution in [0.3, 0.4) is 0 Å². The molecule has 0 amide bonds. The van der Waals surface area contributed by atoms with Crippen molar-refractivity contribution in [2.45, 2.75) is 0 Å². The van der Waals surface area contributed by atoms with E-state index in [-0.39, 0.29) is 0 Å². The second-order valence-electron chi connectivity index (χ2n) is 13.6. The molecule has 51 heavy (non-hydrogen) atoms. The van der Waals surface area contributed by atoms with Crippen molar-refractivity contribution in [3.05, 3.63) is 182 Å². The zero-order chi connectivity index (χ0) is 33.5. The average Bonchev–Trinajstić information content (AvgIpc) is 3.61. The molecule has 0 aliphatic heterocycles. The third-order valence-corrected chi connectivity index (χ3v) is 12.1. The van der Waals surface area contributed by atoms with Gasteiger partial charge in [0.05, 0.1) is 0 Å². The molecule has 0 saturated carbocycles. The minimum Gasteiger partial charge on any atom is -0.134 e. The van der Waals surface area contributed by atoms with Crippen LogP contribution in [0.4, 0.5) is 0 Å². The maximum absolute atomic E-state index is 2.44. The minimum atomic E-state index is 1.22. The lowest BCUT2D eigenvalue weighted by atomic mass is 9.85. The molecular formula is C50H30S. The summed E-state index contributed by atoms with van der Waals surface area (Å²) in [7, 11) is 0. The zero-order valence-corrected chi connectivity index (χ0v) is 28.5. The van der Waals surface area contributed by atoms with Crippen LogP contribution in [0.1, 0.15) is 0 Å². The molecule has 0 spiro atoms. The van der Waals surface area contributed by atoms with E-state index >= 15 is 0 Å². The van der Waals surface area contributed by atoms with Gasteiger partial charge in [-0.25, -0.2) is 0 Å². The molecule has 0 nitrogen and oxygen atoms in total. The van der Waals surface area contributed by atoms with E-state index in [1.54, 1.807) is 0 Å². The molecule has 0 saturated heterocycles. The molecule has 0 atom stereocenters. The van der Waals surface area contributed by atoms with Crippen LogP contribution in [-0.4, -0.2) is 0 Å². The first-order valence-corrected chi connectivity index (χ1v) is 18.4. The minimum absolute atomic E-state index is 1.22. The smallest absolute Gasteiger partial charge is 0.0440 e. The van der Waals surface area contributed by atoms with Crippen LogP contribution < -0.4 is 0 Å². The summed E-state index contributed by atoms with van der Waals surface area (Å²) >= 11 is 1.94. The molecule has 1 heterocycles. The molecule has 1 heteroatoms. The molecule has 11 rings (SSSR count). The fraction of sp³-hybridized carbons (Fsp3) is 0. The van der Waals surface area contributed by atoms with Crippen molar-refractivity contribution < 1.29 is 0 Å². The highest BCUT2D eigenvalue weighted by molar-refractivity contribution is 7.27. The monoisotopic (exact) mass is 662 g/mol. The lowest BCUT2D eigenvalue weighted by molar-refractivity contribution is 1.63. The summed E-state index contributed by atoms with van der Waals surface area (Å²) in [5.74, 6) is 0. The molecule has 236 valence electrons. The van der Waals surface area contributed by atoms with Crippen molar-refractivity contribution in [3.63, 3.8) is 0 Å². The third kappa shape index (κ3) is 4.26. The second-order valence-corrected chi connectivity index (χ2v) is 14.6. The van der Waals surface area contributed by atoms with Crippen LogP contribution in [0.25, 0.3) is 107 Å². The van der Waals surface area contributed by atoms with Crippen molar-refractivity contribution in [1.82, 2.24) is 0 Å². The van der Waals surface area contributed by atoms with Gasteiger partial charge in [0.15, 0.2) is 0 Å². The fourth-order valence-corrected chi connectivity index (χ4v) is 9.96. The van der Waals surface area contributed by atoms with E-state index < -0.39 is 0 Å². The Hall–Kier alpha value is -6.28. The predicted molar refractivity (Wildman–Crippen MR) is 223 cm³/mol. The van der Waals surface area contributed by atoms with E-state index in [1.165, 1.54) is 107 Å². The van der Waals surface area contributed by atoms with E-state index in [1.807, 2.05) is 11.3 Å². The maximum atomic E-state index is 2.44. The number of thiophene rings is 1. The average molecular weight is 663 g/mol. The summed E-state index contributed by atoms with van der Waals surface area (Å²) in [6.45, 7) is 0. The second kappa shape index (κ2) is 11.1. The first kappa shape index (κ1) is 28.5. The normalized spacial score (nSPS) is 11.9. The van der Waals surface area contributed by atoms with Crippen molar-refractivity contribution in [3.8, 4) is 33.4 Å². The van der Waals surface area contributed by atoms with Crippen LogP contribution in [0.5, 0.6) is 0 Å². The van der Waals surface area contributed by atoms with Gasteiger partial charge in [0, 0.05) is 25.6 Å². The lowest BCUT2D eigenvalue weighted by Crippen LogP contribution is -1.91. The third-order valence-electron chi connectivity index (χ3n) is 10.8. The predicted octanol–water partition coefficient (Wildman–Crippen LogP) is 14.8. The summed E-state index contributed by atoms with van der Waals surface area (Å²) in [6, 6.07) is 67.3. The molecule has 0 aliphatic rings. The van der Waals surface area contributed by atoms with Crippen LogP contribution in [-0.2, 0) is 0 Å². The van der Waals surface area contributed by atoms with Crippen LogP contribution >= 0.6 is 11.3 Å². The van der Waals surface area contributed by atoms with Gasteiger partial charge in [0.25, 0.3) is 0 Å². The maximum Gasteiger partial charge on any atom is 0.0440 e. The molecule has 0 N–H and O–H groups in total. The fourth-order valence-electron chi connectivity index (χ4n) is 8.57. The highest BCUT2D eigenvalue weighted by Gasteiger charge is 2.19. The molecule has 1 aromatic heterocycles. The zero-order valence-electron chi connectivity index (χ0n) is 27.7. The summed E-state index contributed by atoms with van der Waals surface area (Å²) in [5.41, 5.74) is 7.52. The number of benzene rings is 10. The van der Waals surface area contributed by atoms with E-state index in [0.29, 0.717) is 0 Å². The largest absolute Gasteiger partial charge is 0.134 e. The van der Waals surface area contributed by atoms with Gasteiger partial charge in [-0.2, -0.15) is 0 Å². The van der Waals surface area contributed by atoms with Crippen LogP contribution in [0.15, 0.2) is 182 Å². The Labute approximate surface area is 299 Å². The summed E-state index contributed by atoms with van der Waals surface area (Å²) in [5, 5.41) is 15.7. The standard InChI is InChI=1S/C50H30S/c1-2-14-32(15-3-1)46-40-21-8-10-23-42(40)47(43-24-11-9-22-41(43)46)35-17-12-16-33(29-35)34-26-27-38-37-19-6-7-20-39(37)48-44-28-25-31-13-4-5-18-36(31)49(44)51-50(48)45(38)30-34/h1-30H. The first-order valence-electron chi connectivity index (χ1n) is 17.6. The van der Waals surface area contributed by atoms with E-state index in [9.17, 15) is 0 Å². The van der Waals surface area contributed by atoms with Gasteiger partial charge in [-0.3, -0.25) is 0 Å². The number of fused-ring (bicyclic) bond motifs is 12. The molecule has 0 unspecified atom stereocenters. The Kier molecular flexibility index (Phi) is 6.22. The van der Waals surface area contributed by atoms with Gasteiger partial charge in [-0.05, 0) is 94.0 Å². The number of hydrogen-bond acceptors (Lipinski definition) is 1. The Morgan fingerprint density at radius 3 is 1.49 bits per heavy atom. The summed E-state index contributed by atoms with van der Waals surface area (Å²) < 4.78 is 2.73. The topological polar surface area (TPSA) is 0 Å². The molecular weight excluding hydrogens is 633 g/mol. The van der Waals surface area contributed by atoms with Gasteiger partial charge in [0.2, 0.25) is 0 Å². The SMILES string of the molecule is c1ccc(-c2c3ccccc3c(-c3cccc(-c4ccc5c6ccccc6c6c7ccc8ccccc8c7sc6c5c4)c3)c3ccccc23)cc1. The Bertz CT molecular complexity index is 3130. The van der Waals surface area contributed by atoms with Crippen LogP contribution in [0, 0.1) is 0 Å². The first-order chi connectivity index (χ1) is 25.3. The highest BCUT2D eigenvalue weighted by Crippen LogP contribution is 2.48. The van der Waals surface area contributed by atoms with Crippen LogP contribution in [0.2, 0.25) is 0 Å². The number of hydrogen-bond donors (Lipinski definition) is 0. The molecule has 0 radical (unpaired) electrons. The Morgan fingerprint density at radius 1 is 0.255 bits per heavy atom. The van der Waals surface area contributed by atoms with Gasteiger partial charge in [0.1, 0.15) is 0 Å². The molecule has 10 aromatic carbocycles. The van der Waals surface area contributed by atoms with Gasteiger partial charge in [-0.1, -0.05) is 170 Å².